The molecule has 4 aliphatic heterocycles. The van der Waals surface area contributed by atoms with Gasteiger partial charge in [-0.2, -0.15) is 0 Å². The van der Waals surface area contributed by atoms with E-state index in [2.05, 4.69) is 20.6 Å². The van der Waals surface area contributed by atoms with Crippen molar-refractivity contribution in [3.63, 3.8) is 0 Å². The fourth-order valence-corrected chi connectivity index (χ4v) is 5.93. The molecule has 2 N–H and O–H groups in total. The number of rotatable bonds is 6. The number of carbonyl (C=O) groups excluding carboxylic acids is 2. The molecule has 200 valence electrons. The van der Waals surface area contributed by atoms with Crippen LogP contribution in [-0.4, -0.2) is 84.5 Å². The van der Waals surface area contributed by atoms with Crippen molar-refractivity contribution in [1.29, 1.82) is 0 Å². The summed E-state index contributed by atoms with van der Waals surface area (Å²) in [4.78, 5) is 37.6. The normalized spacial score (nSPS) is 29.5. The summed E-state index contributed by atoms with van der Waals surface area (Å²) in [6.07, 6.45) is 5.50. The Labute approximate surface area is 238 Å². The van der Waals surface area contributed by atoms with Gasteiger partial charge in [-0.05, 0) is 12.1 Å². The Hall–Kier alpha value is -2.34. The summed E-state index contributed by atoms with van der Waals surface area (Å²) in [5.74, 6) is -1.23. The predicted molar refractivity (Wildman–Crippen MR) is 143 cm³/mol. The first-order chi connectivity index (χ1) is 18.2. The Morgan fingerprint density at radius 3 is 1.58 bits per heavy atom. The van der Waals surface area contributed by atoms with E-state index in [0.717, 1.165) is 23.5 Å². The van der Waals surface area contributed by atoms with E-state index in [1.54, 1.807) is 24.5 Å². The molecule has 6 heterocycles. The molecule has 4 aliphatic rings. The van der Waals surface area contributed by atoms with Crippen LogP contribution in [-0.2, 0) is 19.1 Å². The summed E-state index contributed by atoms with van der Waals surface area (Å²) in [6.45, 7) is 3.15. The Morgan fingerprint density at radius 2 is 1.24 bits per heavy atom. The maximum absolute atomic E-state index is 12.7. The summed E-state index contributed by atoms with van der Waals surface area (Å²) < 4.78 is 11.6. The SMILES string of the molecule is O=C(/C=C/C(=O)O[C@]12CN[C@H]1CN(c1cnc(Cl)c(Cl)c1)C2)O[C@]12CN[C@H]1CN(c1cnc(Cl)c(Cl)c1)C2. The summed E-state index contributed by atoms with van der Waals surface area (Å²) >= 11 is 24.1. The molecule has 0 aromatic carbocycles. The summed E-state index contributed by atoms with van der Waals surface area (Å²) in [7, 11) is 0. The summed E-state index contributed by atoms with van der Waals surface area (Å²) in [5.41, 5.74) is 0.156. The van der Waals surface area contributed by atoms with Crippen molar-refractivity contribution in [3.05, 3.63) is 57.0 Å². The van der Waals surface area contributed by atoms with Gasteiger partial charge < -0.3 is 29.9 Å². The lowest BCUT2D eigenvalue weighted by Gasteiger charge is -2.43. The second-order valence-corrected chi connectivity index (χ2v) is 11.4. The lowest BCUT2D eigenvalue weighted by Crippen LogP contribution is -2.69. The third kappa shape index (κ3) is 4.57. The Balaban J connectivity index is 1.05. The zero-order chi connectivity index (χ0) is 26.7. The second-order valence-electron chi connectivity index (χ2n) is 9.87. The first kappa shape index (κ1) is 25.9. The van der Waals surface area contributed by atoms with E-state index in [1.165, 1.54) is 0 Å². The number of pyridine rings is 2. The standard InChI is InChI=1S/C24H22Cl4N6O4/c25-15-3-13(5-29-21(15)27)33-7-17-23(11-33,9-31-17)37-19(35)1-2-20(36)38-24-10-32-18(24)8-34(12-24)14-4-16(26)22(28)30-6-14/h1-6,17-18,31-32H,7-12H2/b2-1+/t17-,18-,23-,24-/m0/s1. The van der Waals surface area contributed by atoms with Crippen LogP contribution in [0.2, 0.25) is 20.4 Å². The van der Waals surface area contributed by atoms with E-state index in [0.29, 0.717) is 49.3 Å². The van der Waals surface area contributed by atoms with Crippen LogP contribution in [0.3, 0.4) is 0 Å². The van der Waals surface area contributed by atoms with E-state index >= 15 is 0 Å². The fourth-order valence-electron chi connectivity index (χ4n) is 5.40. The van der Waals surface area contributed by atoms with Gasteiger partial charge in [-0.25, -0.2) is 19.6 Å². The molecule has 0 saturated carbocycles. The number of hydrogen-bond donors (Lipinski definition) is 2. The Kier molecular flexibility index (Phi) is 6.61. The van der Waals surface area contributed by atoms with Crippen LogP contribution in [0.1, 0.15) is 0 Å². The first-order valence-electron chi connectivity index (χ1n) is 11.9. The molecule has 0 radical (unpaired) electrons. The monoisotopic (exact) mass is 598 g/mol. The quantitative estimate of drug-likeness (QED) is 0.292. The van der Waals surface area contributed by atoms with E-state index in [-0.39, 0.29) is 22.4 Å². The molecule has 10 nitrogen and oxygen atoms in total. The van der Waals surface area contributed by atoms with E-state index < -0.39 is 23.1 Å². The van der Waals surface area contributed by atoms with Crippen LogP contribution in [0.5, 0.6) is 0 Å². The van der Waals surface area contributed by atoms with Gasteiger partial charge in [0, 0.05) is 38.3 Å². The molecule has 0 aliphatic carbocycles. The minimum atomic E-state index is -0.709. The van der Waals surface area contributed by atoms with Gasteiger partial charge in [-0.3, -0.25) is 0 Å². The first-order valence-corrected chi connectivity index (χ1v) is 13.4. The number of halogens is 4. The van der Waals surface area contributed by atoms with Gasteiger partial charge in [0.1, 0.15) is 10.3 Å². The van der Waals surface area contributed by atoms with E-state index in [1.807, 2.05) is 9.80 Å². The van der Waals surface area contributed by atoms with Crippen molar-refractivity contribution < 1.29 is 19.1 Å². The predicted octanol–water partition coefficient (Wildman–Crippen LogP) is 2.49. The zero-order valence-corrected chi connectivity index (χ0v) is 22.8. The lowest BCUT2D eigenvalue weighted by molar-refractivity contribution is -0.163. The molecule has 0 spiro atoms. The molecule has 2 aromatic heterocycles. The highest BCUT2D eigenvalue weighted by Crippen LogP contribution is 2.38. The van der Waals surface area contributed by atoms with E-state index in [9.17, 15) is 9.59 Å². The molecule has 38 heavy (non-hydrogen) atoms. The second kappa shape index (κ2) is 9.69. The molecule has 14 heteroatoms. The number of carbonyl (C=O) groups is 2. The number of nitrogens with zero attached hydrogens (tertiary/aromatic N) is 4. The molecular formula is C24H22Cl4N6O4. The van der Waals surface area contributed by atoms with E-state index in [4.69, 9.17) is 55.9 Å². The molecule has 4 saturated heterocycles. The maximum atomic E-state index is 12.7. The number of aromatic nitrogens is 2. The zero-order valence-electron chi connectivity index (χ0n) is 19.8. The molecule has 4 atom stereocenters. The number of fused-ring (bicyclic) bond motifs is 2. The molecule has 0 bridgehead atoms. The van der Waals surface area contributed by atoms with Gasteiger partial charge in [0.25, 0.3) is 0 Å². The minimum Gasteiger partial charge on any atom is -0.451 e. The fraction of sp³-hybridized carbons (Fsp3) is 0.417. The van der Waals surface area contributed by atoms with Crippen molar-refractivity contribution >= 4 is 69.7 Å². The van der Waals surface area contributed by atoms with Crippen LogP contribution in [0.15, 0.2) is 36.7 Å². The van der Waals surface area contributed by atoms with Crippen molar-refractivity contribution in [3.8, 4) is 0 Å². The molecule has 0 amide bonds. The Bertz CT molecular complexity index is 1250. The van der Waals surface area contributed by atoms with Crippen LogP contribution in [0.4, 0.5) is 11.4 Å². The van der Waals surface area contributed by atoms with Gasteiger partial charge in [0.2, 0.25) is 0 Å². The van der Waals surface area contributed by atoms with Crippen LogP contribution in [0.25, 0.3) is 0 Å². The average Bonchev–Trinajstić information content (AvgIpc) is 3.26. The number of esters is 2. The van der Waals surface area contributed by atoms with Crippen LogP contribution < -0.4 is 20.4 Å². The lowest BCUT2D eigenvalue weighted by atomic mass is 9.89. The van der Waals surface area contributed by atoms with Gasteiger partial charge in [-0.15, -0.1) is 0 Å². The molecule has 6 rings (SSSR count). The third-order valence-corrected chi connectivity index (χ3v) is 8.92. The van der Waals surface area contributed by atoms with Gasteiger partial charge >= 0.3 is 11.9 Å². The van der Waals surface area contributed by atoms with Crippen molar-refractivity contribution in [2.75, 3.05) is 49.1 Å². The largest absolute Gasteiger partial charge is 0.451 e. The molecule has 0 unspecified atom stereocenters. The van der Waals surface area contributed by atoms with Gasteiger partial charge in [0.15, 0.2) is 11.2 Å². The Morgan fingerprint density at radius 1 is 0.816 bits per heavy atom. The average molecular weight is 600 g/mol. The van der Waals surface area contributed by atoms with Crippen LogP contribution >= 0.6 is 46.4 Å². The third-order valence-electron chi connectivity index (χ3n) is 7.55. The highest BCUT2D eigenvalue weighted by atomic mass is 35.5. The van der Waals surface area contributed by atoms with Crippen molar-refractivity contribution in [2.24, 2.45) is 0 Å². The maximum Gasteiger partial charge on any atom is 0.331 e. The number of anilines is 2. The smallest absolute Gasteiger partial charge is 0.331 e. The molecular weight excluding hydrogens is 578 g/mol. The number of hydrogen-bond acceptors (Lipinski definition) is 10. The highest BCUT2D eigenvalue weighted by molar-refractivity contribution is 6.41. The molecule has 4 fully saturated rings. The van der Waals surface area contributed by atoms with Gasteiger partial charge in [0.05, 0.1) is 59.0 Å². The summed E-state index contributed by atoms with van der Waals surface area (Å²) in [6, 6.07) is 3.36. The number of nitrogens with one attached hydrogen (secondary N) is 2. The van der Waals surface area contributed by atoms with Crippen LogP contribution in [0, 0.1) is 0 Å². The summed E-state index contributed by atoms with van der Waals surface area (Å²) in [5, 5.41) is 7.74. The topological polar surface area (TPSA) is 109 Å². The number of ether oxygens (including phenoxy) is 2. The minimum absolute atomic E-state index is 0.0534. The van der Waals surface area contributed by atoms with Crippen molar-refractivity contribution in [1.82, 2.24) is 20.6 Å². The van der Waals surface area contributed by atoms with Gasteiger partial charge in [-0.1, -0.05) is 46.4 Å². The molecule has 2 aromatic rings. The van der Waals surface area contributed by atoms with Crippen molar-refractivity contribution in [2.45, 2.75) is 23.3 Å². The highest BCUT2D eigenvalue weighted by Gasteiger charge is 2.57.